The van der Waals surface area contributed by atoms with E-state index in [1.165, 1.54) is 12.0 Å². The summed E-state index contributed by atoms with van der Waals surface area (Å²) in [5.74, 6) is -0.902. The molecule has 1 unspecified atom stereocenters. The smallest absolute Gasteiger partial charge is 0.408 e. The van der Waals surface area contributed by atoms with Gasteiger partial charge in [0.2, 0.25) is 5.91 Å². The van der Waals surface area contributed by atoms with E-state index < -0.39 is 35.2 Å². The molecule has 1 saturated heterocycles. The quantitative estimate of drug-likeness (QED) is 0.554. The number of methoxy groups -OCH3 is 1. The van der Waals surface area contributed by atoms with Crippen molar-refractivity contribution >= 4 is 18.0 Å². The van der Waals surface area contributed by atoms with Gasteiger partial charge in [0.15, 0.2) is 0 Å². The van der Waals surface area contributed by atoms with Crippen molar-refractivity contribution in [3.8, 4) is 0 Å². The number of likely N-dealkylation sites (tertiary alicyclic amines) is 1. The molecule has 1 aliphatic rings. The Labute approximate surface area is 175 Å². The van der Waals surface area contributed by atoms with Crippen molar-refractivity contribution in [3.63, 3.8) is 0 Å². The third-order valence-corrected chi connectivity index (χ3v) is 5.38. The minimum atomic E-state index is -0.852. The number of rotatable bonds is 5. The van der Waals surface area contributed by atoms with E-state index in [-0.39, 0.29) is 17.2 Å². The van der Waals surface area contributed by atoms with Gasteiger partial charge in [-0.05, 0) is 38.0 Å². The van der Waals surface area contributed by atoms with Gasteiger partial charge in [0.05, 0.1) is 7.11 Å². The molecule has 29 heavy (non-hydrogen) atoms. The van der Waals surface area contributed by atoms with Gasteiger partial charge in [-0.15, -0.1) is 6.58 Å². The molecule has 7 nitrogen and oxygen atoms in total. The zero-order valence-electron chi connectivity index (χ0n) is 19.4. The molecule has 0 bridgehead atoms. The fourth-order valence-electron chi connectivity index (χ4n) is 3.62. The highest BCUT2D eigenvalue weighted by atomic mass is 16.6. The number of hydrogen-bond acceptors (Lipinski definition) is 5. The third-order valence-electron chi connectivity index (χ3n) is 5.38. The summed E-state index contributed by atoms with van der Waals surface area (Å²) in [6.07, 6.45) is 1.79. The minimum absolute atomic E-state index is 0.126. The van der Waals surface area contributed by atoms with Crippen LogP contribution in [0.4, 0.5) is 4.79 Å². The van der Waals surface area contributed by atoms with E-state index in [4.69, 9.17) is 9.47 Å². The Hall–Kier alpha value is -2.05. The maximum Gasteiger partial charge on any atom is 0.408 e. The second kappa shape index (κ2) is 8.76. The molecule has 1 heterocycles. The van der Waals surface area contributed by atoms with Crippen LogP contribution in [0.2, 0.25) is 0 Å². The van der Waals surface area contributed by atoms with Gasteiger partial charge in [0.1, 0.15) is 17.7 Å². The summed E-state index contributed by atoms with van der Waals surface area (Å²) in [6.45, 7) is 19.1. The van der Waals surface area contributed by atoms with E-state index in [0.717, 1.165) is 0 Å². The normalized spacial score (nSPS) is 21.3. The monoisotopic (exact) mass is 410 g/mol. The second-order valence-corrected chi connectivity index (χ2v) is 10.4. The molecule has 1 N–H and O–H groups in total. The highest BCUT2D eigenvalue weighted by Gasteiger charge is 2.50. The summed E-state index contributed by atoms with van der Waals surface area (Å²) >= 11 is 0. The molecule has 0 aromatic heterocycles. The number of hydrogen-bond donors (Lipinski definition) is 1. The molecule has 1 fully saturated rings. The highest BCUT2D eigenvalue weighted by molar-refractivity contribution is 5.91. The number of nitrogens with zero attached hydrogens (tertiary/aromatic N) is 1. The molecule has 0 aromatic rings. The molecule has 1 rings (SSSR count). The molecule has 1 aliphatic heterocycles. The first-order valence-corrected chi connectivity index (χ1v) is 10.1. The van der Waals surface area contributed by atoms with E-state index >= 15 is 0 Å². The average molecular weight is 411 g/mol. The standard InChI is InChI=1S/C22H38N2O5/c1-11-22(8,9)14-12-13-24(15(14)18(26)28-10)17(25)16(20(2,3)4)23-19(27)29-21(5,6)7/h11,14-16H,1,12-13H2,2-10H3,(H,23,27)/t14?,15-,16+/m0/s1. The molecule has 0 radical (unpaired) electrons. The fourth-order valence-corrected chi connectivity index (χ4v) is 3.62. The predicted molar refractivity (Wildman–Crippen MR) is 112 cm³/mol. The van der Waals surface area contributed by atoms with Gasteiger partial charge >= 0.3 is 12.1 Å². The van der Waals surface area contributed by atoms with Gasteiger partial charge in [-0.3, -0.25) is 4.79 Å². The molecule has 0 saturated carbocycles. The molecule has 7 heteroatoms. The Morgan fingerprint density at radius 3 is 2.07 bits per heavy atom. The van der Waals surface area contributed by atoms with Crippen LogP contribution in [0.15, 0.2) is 12.7 Å². The average Bonchev–Trinajstić information content (AvgIpc) is 3.01. The highest BCUT2D eigenvalue weighted by Crippen LogP contribution is 2.41. The molecule has 0 aliphatic carbocycles. The van der Waals surface area contributed by atoms with Gasteiger partial charge in [-0.2, -0.15) is 0 Å². The summed E-state index contributed by atoms with van der Waals surface area (Å²) in [4.78, 5) is 40.0. The van der Waals surface area contributed by atoms with Crippen LogP contribution in [-0.2, 0) is 19.1 Å². The molecule has 3 atom stereocenters. The van der Waals surface area contributed by atoms with E-state index in [9.17, 15) is 14.4 Å². The van der Waals surface area contributed by atoms with Crippen molar-refractivity contribution in [2.24, 2.45) is 16.7 Å². The number of carbonyl (C=O) groups excluding carboxylic acids is 3. The summed E-state index contributed by atoms with van der Waals surface area (Å²) < 4.78 is 10.4. The van der Waals surface area contributed by atoms with Crippen molar-refractivity contribution in [1.29, 1.82) is 0 Å². The minimum Gasteiger partial charge on any atom is -0.467 e. The SMILES string of the molecule is C=CC(C)(C)C1CCN(C(=O)[C@@H](NC(=O)OC(C)(C)C)C(C)(C)C)[C@@H]1C(=O)OC. The Kier molecular flexibility index (Phi) is 7.55. The summed E-state index contributed by atoms with van der Waals surface area (Å²) in [5, 5.41) is 2.71. The van der Waals surface area contributed by atoms with Gasteiger partial charge < -0.3 is 19.7 Å². The predicted octanol–water partition coefficient (Wildman–Crippen LogP) is 3.53. The third kappa shape index (κ3) is 6.21. The Morgan fingerprint density at radius 2 is 1.66 bits per heavy atom. The number of carbonyl (C=O) groups is 3. The van der Waals surface area contributed by atoms with Crippen LogP contribution < -0.4 is 5.32 Å². The van der Waals surface area contributed by atoms with Crippen molar-refractivity contribution < 1.29 is 23.9 Å². The maximum absolute atomic E-state index is 13.5. The molecule has 166 valence electrons. The number of allylic oxidation sites excluding steroid dienone is 1. The molecule has 0 aromatic carbocycles. The Balaban J connectivity index is 3.21. The number of esters is 1. The first-order valence-electron chi connectivity index (χ1n) is 10.1. The van der Waals surface area contributed by atoms with E-state index in [1.807, 2.05) is 40.7 Å². The van der Waals surface area contributed by atoms with E-state index in [2.05, 4.69) is 11.9 Å². The molecular formula is C22H38N2O5. The number of amides is 2. The van der Waals surface area contributed by atoms with Crippen LogP contribution in [0.3, 0.4) is 0 Å². The molecule has 0 spiro atoms. The van der Waals surface area contributed by atoms with Crippen molar-refractivity contribution in [3.05, 3.63) is 12.7 Å². The lowest BCUT2D eigenvalue weighted by molar-refractivity contribution is -0.155. The Bertz CT molecular complexity index is 643. The van der Waals surface area contributed by atoms with Crippen LogP contribution in [0, 0.1) is 16.7 Å². The van der Waals surface area contributed by atoms with Crippen LogP contribution >= 0.6 is 0 Å². The summed E-state index contributed by atoms with van der Waals surface area (Å²) in [7, 11) is 1.32. The summed E-state index contributed by atoms with van der Waals surface area (Å²) in [5.41, 5.74) is -1.62. The fraction of sp³-hybridized carbons (Fsp3) is 0.773. The van der Waals surface area contributed by atoms with Gasteiger partial charge in [-0.25, -0.2) is 9.59 Å². The lowest BCUT2D eigenvalue weighted by atomic mass is 9.74. The van der Waals surface area contributed by atoms with Crippen LogP contribution in [0.25, 0.3) is 0 Å². The van der Waals surface area contributed by atoms with Crippen molar-refractivity contribution in [1.82, 2.24) is 10.2 Å². The lowest BCUT2D eigenvalue weighted by Crippen LogP contribution is -2.58. The van der Waals surface area contributed by atoms with Crippen LogP contribution in [-0.4, -0.2) is 54.2 Å². The topological polar surface area (TPSA) is 84.9 Å². The maximum atomic E-state index is 13.5. The number of ether oxygens (including phenoxy) is 2. The largest absolute Gasteiger partial charge is 0.467 e. The Morgan fingerprint density at radius 1 is 1.10 bits per heavy atom. The first-order chi connectivity index (χ1) is 13.0. The zero-order chi connectivity index (χ0) is 22.8. The van der Waals surface area contributed by atoms with Crippen LogP contribution in [0.1, 0.15) is 61.8 Å². The van der Waals surface area contributed by atoms with Crippen LogP contribution in [0.5, 0.6) is 0 Å². The van der Waals surface area contributed by atoms with Gasteiger partial charge in [0.25, 0.3) is 0 Å². The summed E-state index contributed by atoms with van der Waals surface area (Å²) in [6, 6.07) is -1.58. The first kappa shape index (κ1) is 25.0. The molecule has 2 amide bonds. The number of nitrogens with one attached hydrogen (secondary N) is 1. The van der Waals surface area contributed by atoms with E-state index in [0.29, 0.717) is 13.0 Å². The van der Waals surface area contributed by atoms with Crippen molar-refractivity contribution in [2.45, 2.75) is 79.5 Å². The zero-order valence-corrected chi connectivity index (χ0v) is 19.4. The van der Waals surface area contributed by atoms with E-state index in [1.54, 1.807) is 20.8 Å². The van der Waals surface area contributed by atoms with Gasteiger partial charge in [-0.1, -0.05) is 40.7 Å². The second-order valence-electron chi connectivity index (χ2n) is 10.4. The number of alkyl carbamates (subject to hydrolysis) is 1. The van der Waals surface area contributed by atoms with Gasteiger partial charge in [0, 0.05) is 12.5 Å². The lowest BCUT2D eigenvalue weighted by Gasteiger charge is -2.38. The van der Waals surface area contributed by atoms with Crippen molar-refractivity contribution in [2.75, 3.05) is 13.7 Å². The molecular weight excluding hydrogens is 372 g/mol.